The first-order valence-electron chi connectivity index (χ1n) is 8.97. The number of fused-ring (bicyclic) bond motifs is 2. The Balaban J connectivity index is 1.57. The second-order valence-corrected chi connectivity index (χ2v) is 7.29. The van der Waals surface area contributed by atoms with Crippen LogP contribution >= 0.6 is 0 Å². The number of hydrogen-bond acceptors (Lipinski definition) is 6. The monoisotopic (exact) mass is 392 g/mol. The van der Waals surface area contributed by atoms with Crippen molar-refractivity contribution < 1.29 is 23.9 Å². The summed E-state index contributed by atoms with van der Waals surface area (Å²) < 4.78 is 5.90. The molecule has 3 N–H and O–H groups in total. The summed E-state index contributed by atoms with van der Waals surface area (Å²) in [5, 5.41) is 15.2. The predicted octanol–water partition coefficient (Wildman–Crippen LogP) is 1.53. The average Bonchev–Trinajstić information content (AvgIpc) is 3.31. The fourth-order valence-electron chi connectivity index (χ4n) is 3.86. The van der Waals surface area contributed by atoms with Gasteiger partial charge in [-0.25, -0.2) is 4.79 Å². The number of carbonyl (C=O) groups is 3. The number of carbonyl (C=O) groups excluding carboxylic acids is 3. The third-order valence-corrected chi connectivity index (χ3v) is 5.30. The zero-order valence-electron chi connectivity index (χ0n) is 15.4. The maximum Gasteiger partial charge on any atom is 0.322 e. The lowest BCUT2D eigenvalue weighted by Gasteiger charge is -2.29. The van der Waals surface area contributed by atoms with Gasteiger partial charge in [0.25, 0.3) is 11.8 Å². The third kappa shape index (κ3) is 2.54. The maximum absolute atomic E-state index is 12.8. The van der Waals surface area contributed by atoms with E-state index in [4.69, 9.17) is 4.42 Å². The van der Waals surface area contributed by atoms with Crippen LogP contribution in [0, 0.1) is 6.92 Å². The molecule has 0 unspecified atom stereocenters. The second-order valence-electron chi connectivity index (χ2n) is 7.29. The Hall–Kier alpha value is -3.88. The highest BCUT2D eigenvalue weighted by Crippen LogP contribution is 2.34. The molecule has 0 bridgehead atoms. The molecular formula is C20H16N4O5. The molecule has 2 aromatic heterocycles. The summed E-state index contributed by atoms with van der Waals surface area (Å²) in [6.07, 6.45) is 1.62. The number of aromatic nitrogens is 1. The van der Waals surface area contributed by atoms with Crippen LogP contribution in [0.15, 0.2) is 40.9 Å². The van der Waals surface area contributed by atoms with Crippen LogP contribution in [0.5, 0.6) is 5.75 Å². The van der Waals surface area contributed by atoms with Crippen LogP contribution in [0.2, 0.25) is 0 Å². The molecule has 1 fully saturated rings. The Morgan fingerprint density at radius 3 is 2.83 bits per heavy atom. The summed E-state index contributed by atoms with van der Waals surface area (Å²) >= 11 is 0. The van der Waals surface area contributed by atoms with Crippen molar-refractivity contribution in [2.45, 2.75) is 19.0 Å². The van der Waals surface area contributed by atoms with Gasteiger partial charge in [-0.15, -0.1) is 0 Å². The lowest BCUT2D eigenvalue weighted by Crippen LogP contribution is -2.52. The van der Waals surface area contributed by atoms with E-state index in [1.807, 2.05) is 6.92 Å². The molecule has 3 aromatic rings. The summed E-state index contributed by atoms with van der Waals surface area (Å²) in [5.41, 5.74) is 0.814. The standard InChI is InChI=1S/C20H16N4O5/c1-10-4-15-12(7-21-10)5-16(29-15)20(18(27)22-19(28)23-20)9-24-8-11-2-3-13(25)6-14(11)17(24)26/h2-7,25H,8-9H2,1H3,(H2,22,23,27,28)/t20-/m0/s1. The molecule has 146 valence electrons. The van der Waals surface area contributed by atoms with Gasteiger partial charge in [0.1, 0.15) is 17.1 Å². The number of phenolic OH excluding ortho intramolecular Hbond substituents is 1. The van der Waals surface area contributed by atoms with Crippen molar-refractivity contribution in [3.8, 4) is 5.75 Å². The molecule has 4 heterocycles. The van der Waals surface area contributed by atoms with E-state index in [2.05, 4.69) is 15.6 Å². The van der Waals surface area contributed by atoms with Gasteiger partial charge < -0.3 is 19.7 Å². The van der Waals surface area contributed by atoms with Crippen LogP contribution in [-0.2, 0) is 16.9 Å². The Bertz CT molecular complexity index is 1220. The topological polar surface area (TPSA) is 125 Å². The molecule has 2 aliphatic rings. The number of nitrogens with one attached hydrogen (secondary N) is 2. The van der Waals surface area contributed by atoms with Crippen molar-refractivity contribution in [3.63, 3.8) is 0 Å². The lowest BCUT2D eigenvalue weighted by atomic mass is 9.95. The zero-order chi connectivity index (χ0) is 20.3. The smallest absolute Gasteiger partial charge is 0.322 e. The van der Waals surface area contributed by atoms with Crippen LogP contribution < -0.4 is 10.6 Å². The zero-order valence-corrected chi connectivity index (χ0v) is 15.4. The van der Waals surface area contributed by atoms with E-state index in [1.165, 1.54) is 17.0 Å². The van der Waals surface area contributed by atoms with Gasteiger partial charge in [-0.2, -0.15) is 0 Å². The van der Waals surface area contributed by atoms with Crippen LogP contribution in [0.1, 0.15) is 27.4 Å². The van der Waals surface area contributed by atoms with Crippen molar-refractivity contribution in [2.75, 3.05) is 6.54 Å². The van der Waals surface area contributed by atoms with E-state index in [0.717, 1.165) is 11.3 Å². The number of nitrogens with zero attached hydrogens (tertiary/aromatic N) is 2. The van der Waals surface area contributed by atoms with Gasteiger partial charge in [0.05, 0.1) is 6.54 Å². The summed E-state index contributed by atoms with van der Waals surface area (Å²) in [7, 11) is 0. The first-order chi connectivity index (χ1) is 13.9. The van der Waals surface area contributed by atoms with Gasteiger partial charge in [-0.3, -0.25) is 19.9 Å². The minimum atomic E-state index is -1.57. The van der Waals surface area contributed by atoms with E-state index in [1.54, 1.807) is 24.4 Å². The van der Waals surface area contributed by atoms with Crippen LogP contribution in [0.4, 0.5) is 4.79 Å². The number of amides is 4. The van der Waals surface area contributed by atoms with Gasteiger partial charge in [-0.05, 0) is 30.7 Å². The molecule has 9 nitrogen and oxygen atoms in total. The van der Waals surface area contributed by atoms with E-state index >= 15 is 0 Å². The highest BCUT2D eigenvalue weighted by Gasteiger charge is 2.53. The molecule has 2 aliphatic heterocycles. The van der Waals surface area contributed by atoms with Crippen molar-refractivity contribution in [1.29, 1.82) is 0 Å². The molecule has 9 heteroatoms. The van der Waals surface area contributed by atoms with E-state index in [0.29, 0.717) is 16.5 Å². The molecule has 29 heavy (non-hydrogen) atoms. The summed E-state index contributed by atoms with van der Waals surface area (Å²) in [4.78, 5) is 43.3. The largest absolute Gasteiger partial charge is 0.508 e. The minimum absolute atomic E-state index is 0.0132. The average molecular weight is 392 g/mol. The summed E-state index contributed by atoms with van der Waals surface area (Å²) in [6.45, 7) is 1.95. The molecule has 0 saturated carbocycles. The number of furan rings is 1. The highest BCUT2D eigenvalue weighted by molar-refractivity contribution is 6.08. The molecule has 1 saturated heterocycles. The molecule has 5 rings (SSSR count). The number of benzene rings is 1. The second kappa shape index (κ2) is 5.81. The molecule has 0 radical (unpaired) electrons. The molecule has 1 aromatic carbocycles. The van der Waals surface area contributed by atoms with Crippen molar-refractivity contribution in [3.05, 3.63) is 59.1 Å². The van der Waals surface area contributed by atoms with E-state index in [9.17, 15) is 19.5 Å². The third-order valence-electron chi connectivity index (χ3n) is 5.30. The summed E-state index contributed by atoms with van der Waals surface area (Å²) in [6, 6.07) is 7.29. The van der Waals surface area contributed by atoms with Gasteiger partial charge in [0.2, 0.25) is 0 Å². The number of hydrogen-bond donors (Lipinski definition) is 3. The maximum atomic E-state index is 12.8. The Morgan fingerprint density at radius 2 is 2.07 bits per heavy atom. The first kappa shape index (κ1) is 17.2. The number of pyridine rings is 1. The number of urea groups is 1. The highest BCUT2D eigenvalue weighted by atomic mass is 16.3. The molecule has 1 atom stereocenters. The van der Waals surface area contributed by atoms with Crippen molar-refractivity contribution >= 4 is 28.8 Å². The van der Waals surface area contributed by atoms with Gasteiger partial charge in [0, 0.05) is 35.5 Å². The number of aromatic hydroxyl groups is 1. The number of aryl methyl sites for hydroxylation is 1. The quantitative estimate of drug-likeness (QED) is 0.581. The van der Waals surface area contributed by atoms with Crippen LogP contribution in [0.25, 0.3) is 11.0 Å². The lowest BCUT2D eigenvalue weighted by molar-refractivity contribution is -0.125. The van der Waals surface area contributed by atoms with Gasteiger partial charge in [0.15, 0.2) is 5.54 Å². The number of phenols is 1. The van der Waals surface area contributed by atoms with Gasteiger partial charge in [-0.1, -0.05) is 6.07 Å². The normalized spacial score (nSPS) is 20.9. The minimum Gasteiger partial charge on any atom is -0.508 e. The molecule has 0 aliphatic carbocycles. The number of imide groups is 1. The van der Waals surface area contributed by atoms with Gasteiger partial charge >= 0.3 is 6.03 Å². The molecule has 0 spiro atoms. The first-order valence-corrected chi connectivity index (χ1v) is 8.97. The predicted molar refractivity (Wildman–Crippen MR) is 99.9 cm³/mol. The fraction of sp³-hybridized carbons (Fsp3) is 0.200. The van der Waals surface area contributed by atoms with E-state index in [-0.39, 0.29) is 30.5 Å². The van der Waals surface area contributed by atoms with Crippen molar-refractivity contribution in [2.24, 2.45) is 0 Å². The Morgan fingerprint density at radius 1 is 1.24 bits per heavy atom. The Kier molecular flexibility index (Phi) is 3.45. The van der Waals surface area contributed by atoms with Crippen LogP contribution in [0.3, 0.4) is 0 Å². The summed E-state index contributed by atoms with van der Waals surface area (Å²) in [5.74, 6) is -0.730. The van der Waals surface area contributed by atoms with Crippen molar-refractivity contribution in [1.82, 2.24) is 20.5 Å². The Labute approximate surface area is 164 Å². The van der Waals surface area contributed by atoms with E-state index < -0.39 is 17.5 Å². The van der Waals surface area contributed by atoms with Crippen LogP contribution in [-0.4, -0.2) is 39.4 Å². The number of rotatable bonds is 3. The fourth-order valence-corrected chi connectivity index (χ4v) is 3.86. The SMILES string of the molecule is Cc1cc2oc([C@]3(CN4Cc5ccc(O)cc5C4=O)NC(=O)NC3=O)cc2cn1. The molecular weight excluding hydrogens is 376 g/mol. The molecule has 4 amide bonds.